The van der Waals surface area contributed by atoms with Gasteiger partial charge in [0.25, 0.3) is 5.91 Å². The Kier molecular flexibility index (Phi) is 4.81. The Bertz CT molecular complexity index is 507. The number of aromatic nitrogens is 2. The molecule has 2 fully saturated rings. The minimum atomic E-state index is 0.0694. The molecule has 2 heterocycles. The fraction of sp³-hybridized carbons (Fsp3) is 0.765. The van der Waals surface area contributed by atoms with Gasteiger partial charge < -0.3 is 10.6 Å². The summed E-state index contributed by atoms with van der Waals surface area (Å²) in [5, 5.41) is 4.57. The summed E-state index contributed by atoms with van der Waals surface area (Å²) in [5.74, 6) is 0.484. The van der Waals surface area contributed by atoms with Gasteiger partial charge >= 0.3 is 0 Å². The van der Waals surface area contributed by atoms with Gasteiger partial charge in [-0.25, -0.2) is 0 Å². The fourth-order valence-electron chi connectivity index (χ4n) is 3.83. The predicted octanol–water partition coefficient (Wildman–Crippen LogP) is 2.59. The first-order valence-corrected chi connectivity index (χ1v) is 8.79. The molecule has 2 atom stereocenters. The molecule has 122 valence electrons. The third-order valence-electron chi connectivity index (χ3n) is 5.38. The fourth-order valence-corrected chi connectivity index (χ4v) is 3.83. The van der Waals surface area contributed by atoms with Crippen LogP contribution in [0.15, 0.2) is 12.3 Å². The number of nitrogens with zero attached hydrogens (tertiary/aromatic N) is 3. The number of carbonyl (C=O) groups is 1. The molecule has 0 bridgehead atoms. The van der Waals surface area contributed by atoms with Crippen molar-refractivity contribution >= 4 is 5.91 Å². The minimum absolute atomic E-state index is 0.0694. The molecule has 1 saturated heterocycles. The van der Waals surface area contributed by atoms with Gasteiger partial charge in [0.2, 0.25) is 0 Å². The zero-order valence-electron chi connectivity index (χ0n) is 13.6. The molecule has 1 saturated carbocycles. The Morgan fingerprint density at radius 1 is 1.32 bits per heavy atom. The first kappa shape index (κ1) is 15.5. The second kappa shape index (κ2) is 6.82. The van der Waals surface area contributed by atoms with E-state index in [0.717, 1.165) is 25.9 Å². The number of nitrogens with two attached hydrogens (primary N) is 1. The average Bonchev–Trinajstić information content (AvgIpc) is 3.05. The van der Waals surface area contributed by atoms with Crippen LogP contribution in [-0.4, -0.2) is 39.7 Å². The second-order valence-electron chi connectivity index (χ2n) is 6.84. The van der Waals surface area contributed by atoms with Gasteiger partial charge in [0.15, 0.2) is 0 Å². The quantitative estimate of drug-likeness (QED) is 0.933. The molecular weight excluding hydrogens is 276 g/mol. The predicted molar refractivity (Wildman–Crippen MR) is 86.6 cm³/mol. The SMILES string of the molecule is CCC1CN(C(=O)c2ccn(C3CCCCC3)n2)CCC1N. The molecule has 0 aromatic carbocycles. The van der Waals surface area contributed by atoms with Crippen molar-refractivity contribution in [3.05, 3.63) is 18.0 Å². The number of likely N-dealkylation sites (tertiary alicyclic amines) is 1. The van der Waals surface area contributed by atoms with Crippen molar-refractivity contribution in [1.82, 2.24) is 14.7 Å². The monoisotopic (exact) mass is 304 g/mol. The van der Waals surface area contributed by atoms with Crippen LogP contribution in [0.5, 0.6) is 0 Å². The number of hydrogen-bond donors (Lipinski definition) is 1. The van der Waals surface area contributed by atoms with Gasteiger partial charge in [-0.2, -0.15) is 5.10 Å². The normalized spacial score (nSPS) is 27.1. The van der Waals surface area contributed by atoms with E-state index in [-0.39, 0.29) is 11.9 Å². The van der Waals surface area contributed by atoms with Gasteiger partial charge in [0, 0.05) is 25.3 Å². The minimum Gasteiger partial charge on any atom is -0.337 e. The van der Waals surface area contributed by atoms with Gasteiger partial charge in [-0.05, 0) is 31.2 Å². The van der Waals surface area contributed by atoms with Crippen molar-refractivity contribution in [2.75, 3.05) is 13.1 Å². The van der Waals surface area contributed by atoms with E-state index in [1.807, 2.05) is 21.8 Å². The van der Waals surface area contributed by atoms with Crippen LogP contribution in [0.4, 0.5) is 0 Å². The van der Waals surface area contributed by atoms with Gasteiger partial charge in [0.05, 0.1) is 6.04 Å². The molecule has 1 aromatic heterocycles. The average molecular weight is 304 g/mol. The molecular formula is C17H28N4O. The summed E-state index contributed by atoms with van der Waals surface area (Å²) in [6, 6.07) is 2.59. The molecule has 5 nitrogen and oxygen atoms in total. The van der Waals surface area contributed by atoms with Crippen LogP contribution in [0.25, 0.3) is 0 Å². The number of rotatable bonds is 3. The standard InChI is InChI=1S/C17H28N4O/c1-2-13-12-20(10-8-15(13)18)17(22)16-9-11-21(19-16)14-6-4-3-5-7-14/h9,11,13-15H,2-8,10,12,18H2,1H3. The van der Waals surface area contributed by atoms with Crippen molar-refractivity contribution < 1.29 is 4.79 Å². The molecule has 2 N–H and O–H groups in total. The van der Waals surface area contributed by atoms with Crippen molar-refractivity contribution in [1.29, 1.82) is 0 Å². The van der Waals surface area contributed by atoms with Gasteiger partial charge in [-0.15, -0.1) is 0 Å². The largest absolute Gasteiger partial charge is 0.337 e. The highest BCUT2D eigenvalue weighted by molar-refractivity contribution is 5.92. The van der Waals surface area contributed by atoms with E-state index in [1.54, 1.807) is 0 Å². The third kappa shape index (κ3) is 3.19. The van der Waals surface area contributed by atoms with Crippen LogP contribution >= 0.6 is 0 Å². The lowest BCUT2D eigenvalue weighted by molar-refractivity contribution is 0.0641. The second-order valence-corrected chi connectivity index (χ2v) is 6.84. The molecule has 2 unspecified atom stereocenters. The van der Waals surface area contributed by atoms with Crippen molar-refractivity contribution in [2.45, 2.75) is 64.0 Å². The highest BCUT2D eigenvalue weighted by Gasteiger charge is 2.29. The van der Waals surface area contributed by atoms with Crippen LogP contribution in [0.2, 0.25) is 0 Å². The van der Waals surface area contributed by atoms with E-state index in [0.29, 0.717) is 17.7 Å². The number of carbonyl (C=O) groups excluding carboxylic acids is 1. The molecule has 2 aliphatic rings. The molecule has 1 aromatic rings. The van der Waals surface area contributed by atoms with E-state index in [9.17, 15) is 4.79 Å². The summed E-state index contributed by atoms with van der Waals surface area (Å²) in [6.07, 6.45) is 10.2. The summed E-state index contributed by atoms with van der Waals surface area (Å²) < 4.78 is 2.01. The van der Waals surface area contributed by atoms with Crippen molar-refractivity contribution in [2.24, 2.45) is 11.7 Å². The first-order valence-electron chi connectivity index (χ1n) is 8.79. The highest BCUT2D eigenvalue weighted by atomic mass is 16.2. The van der Waals surface area contributed by atoms with Gasteiger partial charge in [0.1, 0.15) is 5.69 Å². The first-order chi connectivity index (χ1) is 10.7. The third-order valence-corrected chi connectivity index (χ3v) is 5.38. The number of piperidine rings is 1. The summed E-state index contributed by atoms with van der Waals surface area (Å²) in [6.45, 7) is 3.68. The van der Waals surface area contributed by atoms with Crippen molar-refractivity contribution in [3.63, 3.8) is 0 Å². The van der Waals surface area contributed by atoms with Gasteiger partial charge in [-0.3, -0.25) is 9.48 Å². The molecule has 22 heavy (non-hydrogen) atoms. The molecule has 1 aliphatic heterocycles. The maximum absolute atomic E-state index is 12.7. The van der Waals surface area contributed by atoms with E-state index >= 15 is 0 Å². The summed E-state index contributed by atoms with van der Waals surface area (Å²) >= 11 is 0. The van der Waals surface area contributed by atoms with Crippen LogP contribution < -0.4 is 5.73 Å². The Morgan fingerprint density at radius 2 is 2.09 bits per heavy atom. The van der Waals surface area contributed by atoms with Gasteiger partial charge in [-0.1, -0.05) is 32.6 Å². The molecule has 1 aliphatic carbocycles. The van der Waals surface area contributed by atoms with Crippen LogP contribution in [-0.2, 0) is 0 Å². The van der Waals surface area contributed by atoms with E-state index < -0.39 is 0 Å². The smallest absolute Gasteiger partial charge is 0.274 e. The van der Waals surface area contributed by atoms with Crippen LogP contribution in [0.1, 0.15) is 68.4 Å². The molecule has 0 radical (unpaired) electrons. The maximum Gasteiger partial charge on any atom is 0.274 e. The lowest BCUT2D eigenvalue weighted by Gasteiger charge is -2.36. The van der Waals surface area contributed by atoms with E-state index in [4.69, 9.17) is 5.73 Å². The van der Waals surface area contributed by atoms with Crippen molar-refractivity contribution in [3.8, 4) is 0 Å². The lowest BCUT2D eigenvalue weighted by Crippen LogP contribution is -2.49. The zero-order valence-corrected chi connectivity index (χ0v) is 13.6. The molecule has 0 spiro atoms. The van der Waals surface area contributed by atoms with Crippen LogP contribution in [0.3, 0.4) is 0 Å². The number of amides is 1. The Balaban J connectivity index is 1.66. The summed E-state index contributed by atoms with van der Waals surface area (Å²) in [5.41, 5.74) is 6.73. The zero-order chi connectivity index (χ0) is 15.5. The maximum atomic E-state index is 12.7. The Morgan fingerprint density at radius 3 is 2.82 bits per heavy atom. The number of hydrogen-bond acceptors (Lipinski definition) is 3. The summed E-state index contributed by atoms with van der Waals surface area (Å²) in [7, 11) is 0. The Labute approximate surface area is 132 Å². The molecule has 3 rings (SSSR count). The van der Waals surface area contributed by atoms with E-state index in [2.05, 4.69) is 12.0 Å². The molecule has 5 heteroatoms. The Hall–Kier alpha value is -1.36. The highest BCUT2D eigenvalue weighted by Crippen LogP contribution is 2.27. The lowest BCUT2D eigenvalue weighted by atomic mass is 9.90. The topological polar surface area (TPSA) is 64.2 Å². The van der Waals surface area contributed by atoms with E-state index in [1.165, 1.54) is 32.1 Å². The summed E-state index contributed by atoms with van der Waals surface area (Å²) in [4.78, 5) is 14.6. The molecule has 1 amide bonds. The van der Waals surface area contributed by atoms with Crippen LogP contribution in [0, 0.1) is 5.92 Å².